The summed E-state index contributed by atoms with van der Waals surface area (Å²) >= 11 is 12.0. The van der Waals surface area contributed by atoms with Gasteiger partial charge in [0.25, 0.3) is 11.8 Å². The maximum absolute atomic E-state index is 12.2. The second kappa shape index (κ2) is 5.91. The molecule has 0 bridgehead atoms. The van der Waals surface area contributed by atoms with Crippen LogP contribution in [0.15, 0.2) is 41.3 Å². The minimum Gasteiger partial charge on any atom is -0.269 e. The summed E-state index contributed by atoms with van der Waals surface area (Å²) in [7, 11) is 0. The maximum atomic E-state index is 12.2. The first-order valence-corrected chi connectivity index (χ1v) is 7.24. The topological polar surface area (TPSA) is 37.4 Å². The fourth-order valence-corrected chi connectivity index (χ4v) is 2.92. The molecule has 2 amide bonds. The third-order valence-corrected chi connectivity index (χ3v) is 4.08. The summed E-state index contributed by atoms with van der Waals surface area (Å²) in [6, 6.07) is 7.03. The first-order valence-electron chi connectivity index (χ1n) is 5.63. The highest BCUT2D eigenvalue weighted by Crippen LogP contribution is 2.33. The number of amides is 2. The standard InChI is InChI=1S/C14H10ClNO2S2/c1-8(2)12(17)16-13(18)11(20-14(16)19)7-9-3-5-10(15)6-4-9/h3-7H,1H2,2H3. The molecule has 0 N–H and O–H groups in total. The monoisotopic (exact) mass is 323 g/mol. The molecule has 6 heteroatoms. The molecule has 1 aliphatic rings. The van der Waals surface area contributed by atoms with Gasteiger partial charge < -0.3 is 0 Å². The number of hydrogen-bond donors (Lipinski definition) is 0. The van der Waals surface area contributed by atoms with E-state index < -0.39 is 11.8 Å². The van der Waals surface area contributed by atoms with E-state index in [1.54, 1.807) is 37.3 Å². The number of nitrogens with zero attached hydrogens (tertiary/aromatic N) is 1. The molecule has 0 atom stereocenters. The third kappa shape index (κ3) is 3.00. The lowest BCUT2D eigenvalue weighted by Gasteiger charge is -2.11. The van der Waals surface area contributed by atoms with Crippen LogP contribution in [0, 0.1) is 0 Å². The first-order chi connectivity index (χ1) is 9.40. The largest absolute Gasteiger partial charge is 0.273 e. The highest BCUT2D eigenvalue weighted by atomic mass is 35.5. The second-order valence-corrected chi connectivity index (χ2v) is 6.27. The van der Waals surface area contributed by atoms with Crippen LogP contribution in [-0.4, -0.2) is 21.0 Å². The number of carbonyl (C=O) groups excluding carboxylic acids is 2. The number of thioether (sulfide) groups is 1. The van der Waals surface area contributed by atoms with Crippen LogP contribution in [0.3, 0.4) is 0 Å². The summed E-state index contributed by atoms with van der Waals surface area (Å²) in [5.74, 6) is -0.880. The minimum absolute atomic E-state index is 0.225. The van der Waals surface area contributed by atoms with Crippen LogP contribution in [0.2, 0.25) is 5.02 Å². The lowest BCUT2D eigenvalue weighted by molar-refractivity contribution is -0.134. The first kappa shape index (κ1) is 15.0. The molecule has 1 fully saturated rings. The molecule has 102 valence electrons. The SMILES string of the molecule is C=C(C)C(=O)N1C(=O)C(=Cc2ccc(Cl)cc2)SC1=S. The summed E-state index contributed by atoms with van der Waals surface area (Å²) in [6.45, 7) is 5.09. The van der Waals surface area contributed by atoms with Gasteiger partial charge in [0, 0.05) is 10.6 Å². The molecule has 2 rings (SSSR count). The van der Waals surface area contributed by atoms with E-state index in [-0.39, 0.29) is 9.89 Å². The van der Waals surface area contributed by atoms with Crippen molar-refractivity contribution < 1.29 is 9.59 Å². The molecule has 1 saturated heterocycles. The second-order valence-electron chi connectivity index (χ2n) is 4.15. The summed E-state index contributed by atoms with van der Waals surface area (Å²) in [5, 5.41) is 0.618. The van der Waals surface area contributed by atoms with Crippen molar-refractivity contribution in [3.63, 3.8) is 0 Å². The normalized spacial score (nSPS) is 16.9. The Morgan fingerprint density at radius 2 is 2.00 bits per heavy atom. The fraction of sp³-hybridized carbons (Fsp3) is 0.0714. The van der Waals surface area contributed by atoms with Crippen molar-refractivity contribution in [2.75, 3.05) is 0 Å². The molecule has 0 aliphatic carbocycles. The van der Waals surface area contributed by atoms with Gasteiger partial charge in [0.2, 0.25) is 0 Å². The van der Waals surface area contributed by atoms with E-state index in [0.717, 1.165) is 22.2 Å². The van der Waals surface area contributed by atoms with Gasteiger partial charge in [0.05, 0.1) is 4.91 Å². The molecular weight excluding hydrogens is 314 g/mol. The number of thiocarbonyl (C=S) groups is 1. The number of rotatable bonds is 2. The van der Waals surface area contributed by atoms with Gasteiger partial charge in [0.1, 0.15) is 0 Å². The molecular formula is C14H10ClNO2S2. The quantitative estimate of drug-likeness (QED) is 0.615. The van der Waals surface area contributed by atoms with E-state index in [4.69, 9.17) is 23.8 Å². The molecule has 3 nitrogen and oxygen atoms in total. The van der Waals surface area contributed by atoms with Crippen molar-refractivity contribution in [1.29, 1.82) is 0 Å². The van der Waals surface area contributed by atoms with Gasteiger partial charge in [-0.05, 0) is 30.7 Å². The van der Waals surface area contributed by atoms with E-state index in [1.807, 2.05) is 0 Å². The Morgan fingerprint density at radius 1 is 1.40 bits per heavy atom. The zero-order valence-electron chi connectivity index (χ0n) is 10.6. The number of benzene rings is 1. The van der Waals surface area contributed by atoms with Crippen molar-refractivity contribution >= 4 is 57.8 Å². The maximum Gasteiger partial charge on any atom is 0.273 e. The predicted octanol–water partition coefficient (Wildman–Crippen LogP) is 3.64. The smallest absolute Gasteiger partial charge is 0.269 e. The average Bonchev–Trinajstić information content (AvgIpc) is 2.66. The van der Waals surface area contributed by atoms with Crippen LogP contribution in [0.1, 0.15) is 12.5 Å². The zero-order valence-corrected chi connectivity index (χ0v) is 12.9. The molecule has 0 aromatic heterocycles. The molecule has 1 aromatic carbocycles. The minimum atomic E-state index is -0.466. The van der Waals surface area contributed by atoms with Gasteiger partial charge >= 0.3 is 0 Å². The number of hydrogen-bond acceptors (Lipinski definition) is 4. The van der Waals surface area contributed by atoms with Crippen LogP contribution in [0.4, 0.5) is 0 Å². The third-order valence-electron chi connectivity index (χ3n) is 2.53. The van der Waals surface area contributed by atoms with Crippen LogP contribution >= 0.6 is 35.6 Å². The molecule has 1 aliphatic heterocycles. The molecule has 0 saturated carbocycles. The highest BCUT2D eigenvalue weighted by Gasteiger charge is 2.36. The molecule has 1 aromatic rings. The summed E-state index contributed by atoms with van der Waals surface area (Å²) < 4.78 is 0.225. The Bertz CT molecular complexity index is 650. The van der Waals surface area contributed by atoms with Crippen LogP contribution < -0.4 is 0 Å². The zero-order chi connectivity index (χ0) is 14.9. The van der Waals surface area contributed by atoms with Crippen molar-refractivity contribution in [1.82, 2.24) is 4.90 Å². The van der Waals surface area contributed by atoms with Gasteiger partial charge in [0.15, 0.2) is 4.32 Å². The Balaban J connectivity index is 2.30. The molecule has 0 unspecified atom stereocenters. The molecule has 20 heavy (non-hydrogen) atoms. The van der Waals surface area contributed by atoms with Crippen LogP contribution in [0.25, 0.3) is 6.08 Å². The Labute approximate surface area is 131 Å². The van der Waals surface area contributed by atoms with Gasteiger partial charge in [-0.1, -0.05) is 54.3 Å². The van der Waals surface area contributed by atoms with E-state index in [9.17, 15) is 9.59 Å². The lowest BCUT2D eigenvalue weighted by atomic mass is 10.2. The molecule has 0 spiro atoms. The molecule has 1 heterocycles. The predicted molar refractivity (Wildman–Crippen MR) is 86.3 cm³/mol. The lowest BCUT2D eigenvalue weighted by Crippen LogP contribution is -2.34. The van der Waals surface area contributed by atoms with Crippen molar-refractivity contribution in [2.45, 2.75) is 6.92 Å². The van der Waals surface area contributed by atoms with E-state index >= 15 is 0 Å². The van der Waals surface area contributed by atoms with E-state index in [1.165, 1.54) is 0 Å². The fourth-order valence-electron chi connectivity index (χ4n) is 1.54. The summed E-state index contributed by atoms with van der Waals surface area (Å²) in [6.07, 6.45) is 1.68. The van der Waals surface area contributed by atoms with Crippen molar-refractivity contribution in [3.8, 4) is 0 Å². The highest BCUT2D eigenvalue weighted by molar-refractivity contribution is 8.26. The van der Waals surface area contributed by atoms with Crippen LogP contribution in [0.5, 0.6) is 0 Å². The van der Waals surface area contributed by atoms with Crippen molar-refractivity contribution in [3.05, 3.63) is 51.9 Å². The van der Waals surface area contributed by atoms with Gasteiger partial charge in [-0.15, -0.1) is 0 Å². The van der Waals surface area contributed by atoms with Crippen molar-refractivity contribution in [2.24, 2.45) is 0 Å². The summed E-state index contributed by atoms with van der Waals surface area (Å²) in [5.41, 5.74) is 1.09. The Morgan fingerprint density at radius 3 is 2.55 bits per heavy atom. The number of carbonyl (C=O) groups is 2. The van der Waals surface area contributed by atoms with Gasteiger partial charge in [-0.25, -0.2) is 4.90 Å². The van der Waals surface area contributed by atoms with E-state index in [0.29, 0.717) is 9.93 Å². The summed E-state index contributed by atoms with van der Waals surface area (Å²) in [4.78, 5) is 25.4. The number of halogens is 1. The van der Waals surface area contributed by atoms with Gasteiger partial charge in [-0.2, -0.15) is 0 Å². The van der Waals surface area contributed by atoms with E-state index in [2.05, 4.69) is 6.58 Å². The Kier molecular flexibility index (Phi) is 4.42. The number of imide groups is 1. The molecule has 0 radical (unpaired) electrons. The van der Waals surface area contributed by atoms with Crippen LogP contribution in [-0.2, 0) is 9.59 Å². The Hall–Kier alpha value is -1.43. The average molecular weight is 324 g/mol. The van der Waals surface area contributed by atoms with Gasteiger partial charge in [-0.3, -0.25) is 9.59 Å².